The monoisotopic (exact) mass is 174 g/mol. The molecule has 1 fully saturated rings. The molecule has 0 saturated carbocycles. The van der Waals surface area contributed by atoms with Gasteiger partial charge in [-0.25, -0.2) is 0 Å². The van der Waals surface area contributed by atoms with Crippen molar-refractivity contribution in [1.29, 1.82) is 0 Å². The lowest BCUT2D eigenvalue weighted by atomic mass is 10.1. The van der Waals surface area contributed by atoms with Gasteiger partial charge in [-0.3, -0.25) is 0 Å². The second-order valence-corrected chi connectivity index (χ2v) is 4.49. The van der Waals surface area contributed by atoms with Crippen LogP contribution in [0.25, 0.3) is 0 Å². The van der Waals surface area contributed by atoms with Crippen LogP contribution >= 0.6 is 11.8 Å². The summed E-state index contributed by atoms with van der Waals surface area (Å²) in [6, 6.07) is 1.34. The van der Waals surface area contributed by atoms with Crippen molar-refractivity contribution in [2.45, 2.75) is 19.0 Å². The molecular formula is C8H18N2S. The molecule has 1 aliphatic heterocycles. The summed E-state index contributed by atoms with van der Waals surface area (Å²) < 4.78 is 0. The van der Waals surface area contributed by atoms with Gasteiger partial charge >= 0.3 is 0 Å². The number of hydrogen-bond acceptors (Lipinski definition) is 3. The van der Waals surface area contributed by atoms with Crippen molar-refractivity contribution in [1.82, 2.24) is 10.2 Å². The van der Waals surface area contributed by atoms with Crippen LogP contribution in [0.3, 0.4) is 0 Å². The Kier molecular flexibility index (Phi) is 3.69. The molecular weight excluding hydrogens is 156 g/mol. The van der Waals surface area contributed by atoms with Gasteiger partial charge in [-0.1, -0.05) is 0 Å². The fourth-order valence-corrected chi connectivity index (χ4v) is 2.33. The number of hydrogen-bond donors (Lipinski definition) is 1. The molecule has 11 heavy (non-hydrogen) atoms. The van der Waals surface area contributed by atoms with Crippen LogP contribution in [-0.4, -0.2) is 49.1 Å². The highest BCUT2D eigenvalue weighted by Crippen LogP contribution is 2.12. The van der Waals surface area contributed by atoms with Gasteiger partial charge in [0.1, 0.15) is 0 Å². The molecule has 0 aromatic carbocycles. The molecule has 0 aromatic rings. The summed E-state index contributed by atoms with van der Waals surface area (Å²) >= 11 is 2.06. The third-order valence-electron chi connectivity index (χ3n) is 2.35. The Morgan fingerprint density at radius 1 is 1.55 bits per heavy atom. The first-order valence-corrected chi connectivity index (χ1v) is 5.35. The third kappa shape index (κ3) is 2.65. The molecule has 1 N–H and O–H groups in total. The van der Waals surface area contributed by atoms with Crippen LogP contribution in [0, 0.1) is 0 Å². The lowest BCUT2D eigenvalue weighted by Crippen LogP contribution is -2.50. The molecule has 1 saturated heterocycles. The van der Waals surface area contributed by atoms with Crippen LogP contribution in [0.15, 0.2) is 0 Å². The van der Waals surface area contributed by atoms with Crippen LogP contribution in [0.1, 0.15) is 6.92 Å². The Hall–Kier alpha value is 0.270. The minimum absolute atomic E-state index is 0.655. The lowest BCUT2D eigenvalue weighted by Gasteiger charge is -2.32. The van der Waals surface area contributed by atoms with Gasteiger partial charge in [-0.2, -0.15) is 11.8 Å². The molecule has 66 valence electrons. The van der Waals surface area contributed by atoms with E-state index in [1.807, 2.05) is 0 Å². The quantitative estimate of drug-likeness (QED) is 0.661. The first kappa shape index (κ1) is 9.36. The molecule has 0 aliphatic carbocycles. The van der Waals surface area contributed by atoms with Crippen LogP contribution in [0.2, 0.25) is 0 Å². The summed E-state index contributed by atoms with van der Waals surface area (Å²) in [5.74, 6) is 2.54. The minimum atomic E-state index is 0.655. The van der Waals surface area contributed by atoms with E-state index in [9.17, 15) is 0 Å². The van der Waals surface area contributed by atoms with Crippen molar-refractivity contribution < 1.29 is 0 Å². The van der Waals surface area contributed by atoms with Crippen LogP contribution < -0.4 is 5.32 Å². The molecule has 1 rings (SSSR count). The van der Waals surface area contributed by atoms with Crippen molar-refractivity contribution >= 4 is 11.8 Å². The normalized spacial score (nSPS) is 28.9. The van der Waals surface area contributed by atoms with Crippen LogP contribution in [-0.2, 0) is 0 Å². The van der Waals surface area contributed by atoms with E-state index in [1.54, 1.807) is 0 Å². The van der Waals surface area contributed by atoms with E-state index in [1.165, 1.54) is 18.1 Å². The zero-order chi connectivity index (χ0) is 8.27. The summed E-state index contributed by atoms with van der Waals surface area (Å²) in [5, 5.41) is 3.54. The van der Waals surface area contributed by atoms with E-state index in [0.717, 1.165) is 0 Å². The molecule has 2 atom stereocenters. The van der Waals surface area contributed by atoms with Crippen molar-refractivity contribution in [2.75, 3.05) is 32.1 Å². The molecule has 0 spiro atoms. The first-order chi connectivity index (χ1) is 5.22. The maximum Gasteiger partial charge on any atom is 0.0311 e. The largest absolute Gasteiger partial charge is 0.311 e. The average molecular weight is 174 g/mol. The molecule has 3 heteroatoms. The Morgan fingerprint density at radius 3 is 2.73 bits per heavy atom. The van der Waals surface area contributed by atoms with Crippen LogP contribution in [0.4, 0.5) is 0 Å². The number of likely N-dealkylation sites (N-methyl/N-ethyl adjacent to an activating group) is 1. The molecule has 0 amide bonds. The Bertz CT molecular complexity index is 111. The fraction of sp³-hybridized carbons (Fsp3) is 1.00. The van der Waals surface area contributed by atoms with Gasteiger partial charge in [0.25, 0.3) is 0 Å². The highest BCUT2D eigenvalue weighted by atomic mass is 32.2. The Balaban J connectivity index is 2.32. The number of thioether (sulfide) groups is 1. The van der Waals surface area contributed by atoms with E-state index in [-0.39, 0.29) is 0 Å². The first-order valence-electron chi connectivity index (χ1n) is 4.19. The molecule has 2 unspecified atom stereocenters. The maximum absolute atomic E-state index is 3.54. The fourth-order valence-electron chi connectivity index (χ4n) is 1.26. The summed E-state index contributed by atoms with van der Waals surface area (Å²) in [7, 11) is 4.29. The Labute approximate surface area is 73.7 Å². The molecule has 2 nitrogen and oxygen atoms in total. The number of rotatable bonds is 2. The molecule has 0 radical (unpaired) electrons. The van der Waals surface area contributed by atoms with Gasteiger partial charge in [0.05, 0.1) is 0 Å². The van der Waals surface area contributed by atoms with E-state index >= 15 is 0 Å². The van der Waals surface area contributed by atoms with Gasteiger partial charge in [0.15, 0.2) is 0 Å². The van der Waals surface area contributed by atoms with Crippen molar-refractivity contribution in [3.05, 3.63) is 0 Å². The maximum atomic E-state index is 3.54. The number of nitrogens with zero attached hydrogens (tertiary/aromatic N) is 1. The van der Waals surface area contributed by atoms with Gasteiger partial charge in [0.2, 0.25) is 0 Å². The van der Waals surface area contributed by atoms with E-state index in [2.05, 4.69) is 43.0 Å². The Morgan fingerprint density at radius 2 is 2.27 bits per heavy atom. The van der Waals surface area contributed by atoms with Gasteiger partial charge < -0.3 is 10.2 Å². The zero-order valence-electron chi connectivity index (χ0n) is 7.63. The lowest BCUT2D eigenvalue weighted by molar-refractivity contribution is 0.258. The molecule has 0 bridgehead atoms. The molecule has 1 aliphatic rings. The highest BCUT2D eigenvalue weighted by Gasteiger charge is 2.20. The summed E-state index contributed by atoms with van der Waals surface area (Å²) in [4.78, 5) is 2.28. The van der Waals surface area contributed by atoms with E-state index < -0.39 is 0 Å². The highest BCUT2D eigenvalue weighted by molar-refractivity contribution is 7.99. The summed E-state index contributed by atoms with van der Waals surface area (Å²) in [5.41, 5.74) is 0. The summed E-state index contributed by atoms with van der Waals surface area (Å²) in [6.45, 7) is 3.46. The van der Waals surface area contributed by atoms with Gasteiger partial charge in [-0.15, -0.1) is 0 Å². The van der Waals surface area contributed by atoms with Gasteiger partial charge in [0, 0.05) is 30.1 Å². The minimum Gasteiger partial charge on any atom is -0.311 e. The second kappa shape index (κ2) is 4.33. The topological polar surface area (TPSA) is 15.3 Å². The summed E-state index contributed by atoms with van der Waals surface area (Å²) in [6.07, 6.45) is 0. The van der Waals surface area contributed by atoms with E-state index in [0.29, 0.717) is 12.1 Å². The second-order valence-electron chi connectivity index (χ2n) is 3.34. The van der Waals surface area contributed by atoms with Crippen molar-refractivity contribution in [3.63, 3.8) is 0 Å². The third-order valence-corrected chi connectivity index (χ3v) is 3.43. The predicted octanol–water partition coefficient (Wildman–Crippen LogP) is 0.641. The standard InChI is InChI=1S/C8H18N2S/c1-7(10(2)3)8-6-11-5-4-9-8/h7-9H,4-6H2,1-3H3. The molecule has 1 heterocycles. The van der Waals surface area contributed by atoms with Crippen molar-refractivity contribution in [3.8, 4) is 0 Å². The smallest absolute Gasteiger partial charge is 0.0311 e. The predicted molar refractivity (Wildman–Crippen MR) is 52.3 cm³/mol. The SMILES string of the molecule is CC(C1CSCCN1)N(C)C. The van der Waals surface area contributed by atoms with E-state index in [4.69, 9.17) is 0 Å². The average Bonchev–Trinajstić information content (AvgIpc) is 2.05. The molecule has 0 aromatic heterocycles. The number of nitrogens with one attached hydrogen (secondary N) is 1. The van der Waals surface area contributed by atoms with Crippen LogP contribution in [0.5, 0.6) is 0 Å². The van der Waals surface area contributed by atoms with Gasteiger partial charge in [-0.05, 0) is 21.0 Å². The van der Waals surface area contributed by atoms with Crippen molar-refractivity contribution in [2.24, 2.45) is 0 Å². The zero-order valence-corrected chi connectivity index (χ0v) is 8.45.